The lowest BCUT2D eigenvalue weighted by molar-refractivity contribution is -0.531. The molecule has 76 valence electrons. The number of aromatic hydroxyl groups is 1. The Bertz CT molecular complexity index is 339. The van der Waals surface area contributed by atoms with Gasteiger partial charge in [-0.05, 0) is 17.7 Å². The summed E-state index contributed by atoms with van der Waals surface area (Å²) in [6, 6.07) is 4.72. The zero-order chi connectivity index (χ0) is 10.7. The molecule has 0 unspecified atom stereocenters. The van der Waals surface area contributed by atoms with Gasteiger partial charge in [0.2, 0.25) is 6.04 Å². The van der Waals surface area contributed by atoms with Gasteiger partial charge in [-0.3, -0.25) is 10.1 Å². The molecular weight excluding hydrogens is 186 g/mol. The van der Waals surface area contributed by atoms with E-state index in [-0.39, 0.29) is 5.75 Å². The van der Waals surface area contributed by atoms with Crippen LogP contribution in [0.1, 0.15) is 18.6 Å². The van der Waals surface area contributed by atoms with Crippen molar-refractivity contribution in [2.45, 2.75) is 19.1 Å². The molecule has 0 spiro atoms. The molecule has 1 rings (SSSR count). The van der Waals surface area contributed by atoms with Crippen LogP contribution in [0.5, 0.6) is 5.75 Å². The van der Waals surface area contributed by atoms with Crippen LogP contribution in [0.15, 0.2) is 24.3 Å². The van der Waals surface area contributed by atoms with Crippen LogP contribution in [-0.2, 0) is 0 Å². The molecule has 5 heteroatoms. The van der Waals surface area contributed by atoms with Crippen molar-refractivity contribution in [3.63, 3.8) is 0 Å². The lowest BCUT2D eigenvalue weighted by Gasteiger charge is -2.12. The van der Waals surface area contributed by atoms with Crippen molar-refractivity contribution in [2.75, 3.05) is 0 Å². The standard InChI is InChI=1S/C9H11NO4/c1-6(10(13)14)9(12)7-3-2-4-8(11)5-7/h2-6,9,11-12H,1H3/t6-,9+/m1/s1. The van der Waals surface area contributed by atoms with E-state index in [4.69, 9.17) is 5.11 Å². The summed E-state index contributed by atoms with van der Waals surface area (Å²) < 4.78 is 0. The first-order chi connectivity index (χ1) is 6.52. The van der Waals surface area contributed by atoms with Crippen LogP contribution >= 0.6 is 0 Å². The molecule has 0 fully saturated rings. The minimum Gasteiger partial charge on any atom is -0.508 e. The van der Waals surface area contributed by atoms with E-state index in [9.17, 15) is 15.2 Å². The first-order valence-electron chi connectivity index (χ1n) is 4.13. The molecule has 2 N–H and O–H groups in total. The maximum Gasteiger partial charge on any atom is 0.239 e. The molecular formula is C9H11NO4. The average molecular weight is 197 g/mol. The van der Waals surface area contributed by atoms with Gasteiger partial charge in [0.25, 0.3) is 0 Å². The summed E-state index contributed by atoms with van der Waals surface area (Å²) in [7, 11) is 0. The minimum atomic E-state index is -1.20. The third-order valence-electron chi connectivity index (χ3n) is 2.00. The van der Waals surface area contributed by atoms with Gasteiger partial charge in [0, 0.05) is 11.8 Å². The molecule has 0 bridgehead atoms. The molecule has 0 aliphatic carbocycles. The largest absolute Gasteiger partial charge is 0.508 e. The summed E-state index contributed by atoms with van der Waals surface area (Å²) in [5.74, 6) is -0.0166. The van der Waals surface area contributed by atoms with Crippen LogP contribution in [-0.4, -0.2) is 21.2 Å². The molecule has 0 radical (unpaired) electrons. The lowest BCUT2D eigenvalue weighted by Crippen LogP contribution is -2.23. The maximum absolute atomic E-state index is 10.4. The Morgan fingerprint density at radius 3 is 2.64 bits per heavy atom. The summed E-state index contributed by atoms with van der Waals surface area (Å²) in [5.41, 5.74) is 0.342. The SMILES string of the molecule is C[C@H]([C@H](O)c1cccc(O)c1)[N+](=O)[O-]. The number of nitro groups is 1. The molecule has 0 aliphatic heterocycles. The first-order valence-corrected chi connectivity index (χ1v) is 4.13. The Morgan fingerprint density at radius 1 is 1.50 bits per heavy atom. The molecule has 1 aromatic rings. The van der Waals surface area contributed by atoms with E-state index in [1.807, 2.05) is 0 Å². The summed E-state index contributed by atoms with van der Waals surface area (Å²) in [5, 5.41) is 29.0. The Morgan fingerprint density at radius 2 is 2.14 bits per heavy atom. The highest BCUT2D eigenvalue weighted by atomic mass is 16.6. The van der Waals surface area contributed by atoms with Gasteiger partial charge in [0.15, 0.2) is 0 Å². The number of benzene rings is 1. The van der Waals surface area contributed by atoms with Crippen LogP contribution in [0, 0.1) is 10.1 Å². The van der Waals surface area contributed by atoms with E-state index >= 15 is 0 Å². The van der Waals surface area contributed by atoms with Crippen molar-refractivity contribution in [2.24, 2.45) is 0 Å². The molecule has 14 heavy (non-hydrogen) atoms. The number of phenols is 1. The Labute approximate surface area is 80.8 Å². The van der Waals surface area contributed by atoms with Gasteiger partial charge in [0.05, 0.1) is 0 Å². The smallest absolute Gasteiger partial charge is 0.239 e. The van der Waals surface area contributed by atoms with E-state index in [0.717, 1.165) is 0 Å². The lowest BCUT2D eigenvalue weighted by atomic mass is 10.0. The monoisotopic (exact) mass is 197 g/mol. The van der Waals surface area contributed by atoms with Gasteiger partial charge in [-0.2, -0.15) is 0 Å². The van der Waals surface area contributed by atoms with Crippen molar-refractivity contribution in [1.29, 1.82) is 0 Å². The molecule has 2 atom stereocenters. The number of hydrogen-bond donors (Lipinski definition) is 2. The molecule has 0 heterocycles. The van der Waals surface area contributed by atoms with Gasteiger partial charge in [0.1, 0.15) is 11.9 Å². The topological polar surface area (TPSA) is 83.6 Å². The summed E-state index contributed by atoms with van der Waals surface area (Å²) in [4.78, 5) is 9.82. The Balaban J connectivity index is 2.89. The normalized spacial score (nSPS) is 14.7. The third-order valence-corrected chi connectivity index (χ3v) is 2.00. The van der Waals surface area contributed by atoms with Crippen molar-refractivity contribution >= 4 is 0 Å². The second kappa shape index (κ2) is 4.06. The number of rotatable bonds is 3. The molecule has 0 aromatic heterocycles. The minimum absolute atomic E-state index is 0.0166. The molecule has 0 amide bonds. The first kappa shape index (κ1) is 10.5. The Hall–Kier alpha value is -1.62. The van der Waals surface area contributed by atoms with Crippen molar-refractivity contribution in [1.82, 2.24) is 0 Å². The summed E-state index contributed by atoms with van der Waals surface area (Å²) in [6.07, 6.45) is -1.20. The number of hydrogen-bond acceptors (Lipinski definition) is 4. The van der Waals surface area contributed by atoms with Crippen molar-refractivity contribution in [3.05, 3.63) is 39.9 Å². The van der Waals surface area contributed by atoms with Crippen LogP contribution in [0.2, 0.25) is 0 Å². The van der Waals surface area contributed by atoms with Gasteiger partial charge < -0.3 is 10.2 Å². The van der Waals surface area contributed by atoms with Gasteiger partial charge in [-0.25, -0.2) is 0 Å². The van der Waals surface area contributed by atoms with Crippen LogP contribution < -0.4 is 0 Å². The summed E-state index contributed by atoms with van der Waals surface area (Å²) in [6.45, 7) is 1.31. The van der Waals surface area contributed by atoms with Crippen LogP contribution in [0.3, 0.4) is 0 Å². The third kappa shape index (κ3) is 2.20. The van der Waals surface area contributed by atoms with E-state index < -0.39 is 17.1 Å². The predicted molar refractivity (Wildman–Crippen MR) is 49.5 cm³/mol. The highest BCUT2D eigenvalue weighted by molar-refractivity contribution is 5.28. The fourth-order valence-corrected chi connectivity index (χ4v) is 1.10. The number of aliphatic hydroxyl groups excluding tert-OH is 1. The Kier molecular flexibility index (Phi) is 3.03. The van der Waals surface area contributed by atoms with Crippen LogP contribution in [0.4, 0.5) is 0 Å². The van der Waals surface area contributed by atoms with E-state index in [0.29, 0.717) is 5.56 Å². The highest BCUT2D eigenvalue weighted by Gasteiger charge is 2.25. The van der Waals surface area contributed by atoms with Gasteiger partial charge in [-0.15, -0.1) is 0 Å². The molecule has 0 saturated carbocycles. The molecule has 1 aromatic carbocycles. The predicted octanol–water partition coefficient (Wildman–Crippen LogP) is 1.09. The van der Waals surface area contributed by atoms with E-state index in [1.165, 1.54) is 31.2 Å². The zero-order valence-corrected chi connectivity index (χ0v) is 7.62. The highest BCUT2D eigenvalue weighted by Crippen LogP contribution is 2.21. The van der Waals surface area contributed by atoms with Crippen molar-refractivity contribution in [3.8, 4) is 5.75 Å². The fraction of sp³-hybridized carbons (Fsp3) is 0.333. The quantitative estimate of drug-likeness (QED) is 0.561. The maximum atomic E-state index is 10.4. The second-order valence-corrected chi connectivity index (χ2v) is 3.07. The van der Waals surface area contributed by atoms with Gasteiger partial charge in [-0.1, -0.05) is 12.1 Å². The van der Waals surface area contributed by atoms with Crippen molar-refractivity contribution < 1.29 is 15.1 Å². The summed E-state index contributed by atoms with van der Waals surface area (Å²) >= 11 is 0. The number of aliphatic hydroxyl groups is 1. The molecule has 5 nitrogen and oxygen atoms in total. The van der Waals surface area contributed by atoms with Gasteiger partial charge >= 0.3 is 0 Å². The van der Waals surface area contributed by atoms with E-state index in [1.54, 1.807) is 0 Å². The van der Waals surface area contributed by atoms with Crippen LogP contribution in [0.25, 0.3) is 0 Å². The zero-order valence-electron chi connectivity index (χ0n) is 7.62. The molecule has 0 saturated heterocycles. The van der Waals surface area contributed by atoms with E-state index in [2.05, 4.69) is 0 Å². The average Bonchev–Trinajstić information content (AvgIpc) is 2.15. The second-order valence-electron chi connectivity index (χ2n) is 3.07. The molecule has 0 aliphatic rings. The number of phenolic OH excluding ortho intramolecular Hbond substituents is 1. The fourth-order valence-electron chi connectivity index (χ4n) is 1.10. The number of nitrogens with zero attached hydrogens (tertiary/aromatic N) is 1.